The maximum absolute atomic E-state index is 12.2. The number of anilines is 1. The van der Waals surface area contributed by atoms with E-state index in [1.165, 1.54) is 19.9 Å². The van der Waals surface area contributed by atoms with E-state index in [0.29, 0.717) is 11.3 Å². The molecule has 29 heavy (non-hydrogen) atoms. The van der Waals surface area contributed by atoms with E-state index in [1.54, 1.807) is 30.3 Å². The van der Waals surface area contributed by atoms with Gasteiger partial charge in [-0.15, -0.1) is 0 Å². The Labute approximate surface area is 169 Å². The Morgan fingerprint density at radius 3 is 2.38 bits per heavy atom. The monoisotopic (exact) mass is 391 g/mol. The van der Waals surface area contributed by atoms with Crippen LogP contribution >= 0.6 is 0 Å². The van der Waals surface area contributed by atoms with Crippen molar-refractivity contribution in [3.05, 3.63) is 71.8 Å². The van der Waals surface area contributed by atoms with Gasteiger partial charge in [-0.2, -0.15) is 5.26 Å². The fourth-order valence-electron chi connectivity index (χ4n) is 2.31. The molecule has 0 aliphatic carbocycles. The van der Waals surface area contributed by atoms with Crippen LogP contribution in [0.4, 0.5) is 5.69 Å². The number of carbonyl (C=O) groups is 3. The van der Waals surface area contributed by atoms with Gasteiger partial charge in [-0.1, -0.05) is 42.5 Å². The van der Waals surface area contributed by atoms with Crippen LogP contribution in [-0.4, -0.2) is 29.9 Å². The second kappa shape index (κ2) is 10.4. The highest BCUT2D eigenvalue weighted by atomic mass is 16.5. The highest BCUT2D eigenvalue weighted by Gasteiger charge is 2.23. The van der Waals surface area contributed by atoms with Crippen molar-refractivity contribution in [3.8, 4) is 6.07 Å². The zero-order valence-corrected chi connectivity index (χ0v) is 16.1. The summed E-state index contributed by atoms with van der Waals surface area (Å²) < 4.78 is 5.11. The zero-order valence-electron chi connectivity index (χ0n) is 16.1. The van der Waals surface area contributed by atoms with E-state index in [9.17, 15) is 14.4 Å². The van der Waals surface area contributed by atoms with Crippen molar-refractivity contribution in [3.63, 3.8) is 0 Å². The lowest BCUT2D eigenvalue weighted by Gasteiger charge is -2.17. The van der Waals surface area contributed by atoms with Gasteiger partial charge in [0.1, 0.15) is 12.1 Å². The molecule has 0 radical (unpaired) electrons. The molecule has 0 aliphatic rings. The molecule has 7 nitrogen and oxygen atoms in total. The average Bonchev–Trinajstić information content (AvgIpc) is 2.73. The first kappa shape index (κ1) is 21.4. The lowest BCUT2D eigenvalue weighted by molar-refractivity contribution is -0.155. The van der Waals surface area contributed by atoms with E-state index >= 15 is 0 Å². The standard InChI is InChI=1S/C22H21N3O4/c1-15(24-20(26)13-12-17-8-4-3-5-9-17)22(28)29-16(2)21(27)25-19-11-7-6-10-18(19)14-23/h3-13,15-16H,1-2H3,(H,24,26)(H,25,27)/b13-12+/t15-,16-/m0/s1. The number of rotatable bonds is 7. The maximum Gasteiger partial charge on any atom is 0.329 e. The Balaban J connectivity index is 1.86. The summed E-state index contributed by atoms with van der Waals surface area (Å²) in [5, 5.41) is 14.1. The number of benzene rings is 2. The average molecular weight is 391 g/mol. The Morgan fingerprint density at radius 1 is 1.03 bits per heavy atom. The van der Waals surface area contributed by atoms with Gasteiger partial charge in [0.25, 0.3) is 5.91 Å². The van der Waals surface area contributed by atoms with Crippen molar-refractivity contribution in [2.45, 2.75) is 26.0 Å². The van der Waals surface area contributed by atoms with Crippen LogP contribution in [0.1, 0.15) is 25.0 Å². The fourth-order valence-corrected chi connectivity index (χ4v) is 2.31. The van der Waals surface area contributed by atoms with Crippen molar-refractivity contribution in [2.24, 2.45) is 0 Å². The summed E-state index contributed by atoms with van der Waals surface area (Å²) in [6, 6.07) is 16.8. The predicted octanol–water partition coefficient (Wildman–Crippen LogP) is 2.65. The minimum absolute atomic E-state index is 0.296. The van der Waals surface area contributed by atoms with Crippen molar-refractivity contribution < 1.29 is 19.1 Å². The maximum atomic E-state index is 12.2. The third-order valence-electron chi connectivity index (χ3n) is 3.91. The lowest BCUT2D eigenvalue weighted by atomic mass is 10.2. The third-order valence-corrected chi connectivity index (χ3v) is 3.91. The van der Waals surface area contributed by atoms with Gasteiger partial charge in [0.2, 0.25) is 5.91 Å². The summed E-state index contributed by atoms with van der Waals surface area (Å²) >= 11 is 0. The predicted molar refractivity (Wildman–Crippen MR) is 108 cm³/mol. The topological polar surface area (TPSA) is 108 Å². The SMILES string of the molecule is C[C@H](NC(=O)/C=C/c1ccccc1)C(=O)O[C@@H](C)C(=O)Nc1ccccc1C#N. The molecular formula is C22H21N3O4. The first-order valence-corrected chi connectivity index (χ1v) is 8.95. The number of nitrogens with one attached hydrogen (secondary N) is 2. The van der Waals surface area contributed by atoms with E-state index in [4.69, 9.17) is 10.00 Å². The summed E-state index contributed by atoms with van der Waals surface area (Å²) in [6.45, 7) is 2.87. The highest BCUT2D eigenvalue weighted by molar-refractivity contribution is 5.97. The molecule has 0 saturated carbocycles. The molecule has 148 valence electrons. The normalized spacial score (nSPS) is 12.4. The Bertz CT molecular complexity index is 948. The molecule has 2 N–H and O–H groups in total. The van der Waals surface area contributed by atoms with Gasteiger partial charge < -0.3 is 15.4 Å². The van der Waals surface area contributed by atoms with E-state index in [0.717, 1.165) is 5.56 Å². The first-order valence-electron chi connectivity index (χ1n) is 8.95. The largest absolute Gasteiger partial charge is 0.451 e. The third kappa shape index (κ3) is 6.63. The molecule has 0 spiro atoms. The smallest absolute Gasteiger partial charge is 0.329 e. The number of amides is 2. The molecular weight excluding hydrogens is 370 g/mol. The van der Waals surface area contributed by atoms with Gasteiger partial charge >= 0.3 is 5.97 Å². The number of nitrogens with zero attached hydrogens (tertiary/aromatic N) is 1. The Hall–Kier alpha value is -3.92. The molecule has 0 saturated heterocycles. The van der Waals surface area contributed by atoms with Gasteiger partial charge in [0, 0.05) is 6.08 Å². The first-order chi connectivity index (χ1) is 13.9. The number of ether oxygens (including phenoxy) is 1. The van der Waals surface area contributed by atoms with Crippen LogP contribution < -0.4 is 10.6 Å². The van der Waals surface area contributed by atoms with E-state index in [2.05, 4.69) is 10.6 Å². The van der Waals surface area contributed by atoms with Crippen LogP contribution in [0, 0.1) is 11.3 Å². The molecule has 7 heteroatoms. The second-order valence-electron chi connectivity index (χ2n) is 6.20. The summed E-state index contributed by atoms with van der Waals surface area (Å²) in [6.07, 6.45) is 1.83. The molecule has 2 aromatic rings. The minimum atomic E-state index is -1.10. The van der Waals surface area contributed by atoms with Crippen LogP contribution in [0.25, 0.3) is 6.08 Å². The summed E-state index contributed by atoms with van der Waals surface area (Å²) in [5.74, 6) is -1.79. The van der Waals surface area contributed by atoms with Gasteiger partial charge in [0.05, 0.1) is 11.3 Å². The number of esters is 1. The molecule has 2 amide bonds. The molecule has 2 atom stereocenters. The number of hydrogen-bond acceptors (Lipinski definition) is 5. The van der Waals surface area contributed by atoms with Gasteiger partial charge in [-0.05, 0) is 37.6 Å². The number of nitriles is 1. The number of hydrogen-bond donors (Lipinski definition) is 2. The van der Waals surface area contributed by atoms with Crippen LogP contribution in [0.2, 0.25) is 0 Å². The van der Waals surface area contributed by atoms with Crippen LogP contribution in [0.15, 0.2) is 60.7 Å². The summed E-state index contributed by atoms with van der Waals surface area (Å²) in [7, 11) is 0. The zero-order chi connectivity index (χ0) is 21.2. The van der Waals surface area contributed by atoms with Gasteiger partial charge in [-0.3, -0.25) is 9.59 Å². The molecule has 0 bridgehead atoms. The highest BCUT2D eigenvalue weighted by Crippen LogP contribution is 2.14. The van der Waals surface area contributed by atoms with Crippen molar-refractivity contribution in [2.75, 3.05) is 5.32 Å². The molecule has 0 aliphatic heterocycles. The Kier molecular flexibility index (Phi) is 7.68. The van der Waals surface area contributed by atoms with E-state index in [-0.39, 0.29) is 0 Å². The number of para-hydroxylation sites is 1. The van der Waals surface area contributed by atoms with Crippen LogP contribution in [0.5, 0.6) is 0 Å². The van der Waals surface area contributed by atoms with Crippen molar-refractivity contribution in [1.82, 2.24) is 5.32 Å². The van der Waals surface area contributed by atoms with Gasteiger partial charge in [0.15, 0.2) is 6.10 Å². The minimum Gasteiger partial charge on any atom is -0.451 e. The van der Waals surface area contributed by atoms with Crippen LogP contribution in [-0.2, 0) is 19.1 Å². The van der Waals surface area contributed by atoms with Crippen molar-refractivity contribution in [1.29, 1.82) is 5.26 Å². The summed E-state index contributed by atoms with van der Waals surface area (Å²) in [5.41, 5.74) is 1.47. The van der Waals surface area contributed by atoms with E-state index < -0.39 is 29.9 Å². The fraction of sp³-hybridized carbons (Fsp3) is 0.182. The Morgan fingerprint density at radius 2 is 1.69 bits per heavy atom. The van der Waals surface area contributed by atoms with Crippen molar-refractivity contribution >= 4 is 29.5 Å². The van der Waals surface area contributed by atoms with Crippen LogP contribution in [0.3, 0.4) is 0 Å². The molecule has 0 aromatic heterocycles. The van der Waals surface area contributed by atoms with Gasteiger partial charge in [-0.25, -0.2) is 4.79 Å². The molecule has 0 heterocycles. The number of carbonyl (C=O) groups excluding carboxylic acids is 3. The quantitative estimate of drug-likeness (QED) is 0.557. The van der Waals surface area contributed by atoms with E-state index in [1.807, 2.05) is 36.4 Å². The molecule has 2 rings (SSSR count). The molecule has 0 unspecified atom stereocenters. The summed E-state index contributed by atoms with van der Waals surface area (Å²) in [4.78, 5) is 36.3. The lowest BCUT2D eigenvalue weighted by Crippen LogP contribution is -2.41. The molecule has 2 aromatic carbocycles. The molecule has 0 fully saturated rings. The second-order valence-corrected chi connectivity index (χ2v) is 6.20.